The number of carbonyl (C=O) groups excluding carboxylic acids is 1. The van der Waals surface area contributed by atoms with Crippen molar-refractivity contribution >= 4 is 21.8 Å². The van der Waals surface area contributed by atoms with E-state index in [0.717, 1.165) is 47.8 Å². The number of carbonyl (C=O) groups is 1. The fourth-order valence-electron chi connectivity index (χ4n) is 2.92. The Morgan fingerprint density at radius 3 is 2.55 bits per heavy atom. The Morgan fingerprint density at radius 2 is 2.00 bits per heavy atom. The molecular formula is C16H23BrN2O. The van der Waals surface area contributed by atoms with Crippen LogP contribution in [0, 0.1) is 6.92 Å². The lowest BCUT2D eigenvalue weighted by Crippen LogP contribution is -2.44. The van der Waals surface area contributed by atoms with Crippen LogP contribution in [0.3, 0.4) is 0 Å². The number of nitrogens with zero attached hydrogens (tertiary/aromatic N) is 1. The largest absolute Gasteiger partial charge is 0.336 e. The quantitative estimate of drug-likeness (QED) is 0.916. The van der Waals surface area contributed by atoms with Crippen molar-refractivity contribution in [2.24, 2.45) is 5.73 Å². The first-order valence-corrected chi connectivity index (χ1v) is 8.15. The Bertz CT molecular complexity index is 481. The molecule has 0 radical (unpaired) electrons. The van der Waals surface area contributed by atoms with E-state index in [1.807, 2.05) is 30.0 Å². The maximum Gasteiger partial charge on any atom is 0.254 e. The second kappa shape index (κ2) is 6.72. The minimum atomic E-state index is 0.142. The first kappa shape index (κ1) is 15.5. The molecule has 0 spiro atoms. The molecule has 0 atom stereocenters. The summed E-state index contributed by atoms with van der Waals surface area (Å²) in [5.74, 6) is 0.142. The number of nitrogens with two attached hydrogens (primary N) is 1. The van der Waals surface area contributed by atoms with E-state index in [1.54, 1.807) is 0 Å². The van der Waals surface area contributed by atoms with Crippen LogP contribution >= 0.6 is 15.9 Å². The van der Waals surface area contributed by atoms with Gasteiger partial charge in [-0.05, 0) is 63.3 Å². The molecule has 4 heteroatoms. The molecule has 1 aliphatic carbocycles. The standard InChI is InChI=1S/C16H23BrN2O/c1-3-19(14-7-5-13(18)6-8-14)16(20)12-4-9-15(17)11(2)10-12/h4,9-10,13-14H,3,5-8,18H2,1-2H3. The zero-order valence-corrected chi connectivity index (χ0v) is 13.8. The third kappa shape index (κ3) is 3.41. The first-order chi connectivity index (χ1) is 9.52. The lowest BCUT2D eigenvalue weighted by atomic mass is 9.90. The Morgan fingerprint density at radius 1 is 1.35 bits per heavy atom. The fourth-order valence-corrected chi connectivity index (χ4v) is 3.17. The highest BCUT2D eigenvalue weighted by atomic mass is 79.9. The summed E-state index contributed by atoms with van der Waals surface area (Å²) in [4.78, 5) is 14.7. The second-order valence-electron chi connectivity index (χ2n) is 5.62. The molecule has 110 valence electrons. The lowest BCUT2D eigenvalue weighted by molar-refractivity contribution is 0.0640. The van der Waals surface area contributed by atoms with Gasteiger partial charge in [-0.1, -0.05) is 15.9 Å². The van der Waals surface area contributed by atoms with Gasteiger partial charge in [0.15, 0.2) is 0 Å². The zero-order valence-electron chi connectivity index (χ0n) is 12.2. The van der Waals surface area contributed by atoms with Gasteiger partial charge >= 0.3 is 0 Å². The van der Waals surface area contributed by atoms with Crippen LogP contribution in [-0.2, 0) is 0 Å². The molecule has 1 amide bonds. The van der Waals surface area contributed by atoms with E-state index in [2.05, 4.69) is 22.9 Å². The summed E-state index contributed by atoms with van der Waals surface area (Å²) in [6.45, 7) is 4.82. The number of amides is 1. The minimum Gasteiger partial charge on any atom is -0.336 e. The normalized spacial score (nSPS) is 22.6. The average molecular weight is 339 g/mol. The summed E-state index contributed by atoms with van der Waals surface area (Å²) in [7, 11) is 0. The summed E-state index contributed by atoms with van der Waals surface area (Å²) >= 11 is 3.48. The van der Waals surface area contributed by atoms with Crippen molar-refractivity contribution in [2.45, 2.75) is 51.6 Å². The fraction of sp³-hybridized carbons (Fsp3) is 0.562. The summed E-state index contributed by atoms with van der Waals surface area (Å²) < 4.78 is 1.04. The summed E-state index contributed by atoms with van der Waals surface area (Å²) in [6.07, 6.45) is 4.09. The molecule has 0 aliphatic heterocycles. The summed E-state index contributed by atoms with van der Waals surface area (Å²) in [5, 5.41) is 0. The van der Waals surface area contributed by atoms with Crippen LogP contribution < -0.4 is 5.73 Å². The molecule has 1 fully saturated rings. The molecule has 1 aromatic rings. The van der Waals surface area contributed by atoms with E-state index in [9.17, 15) is 4.79 Å². The van der Waals surface area contributed by atoms with E-state index in [0.29, 0.717) is 12.1 Å². The number of benzene rings is 1. The molecule has 1 aliphatic rings. The number of hydrogen-bond donors (Lipinski definition) is 1. The highest BCUT2D eigenvalue weighted by Gasteiger charge is 2.27. The number of aryl methyl sites for hydroxylation is 1. The second-order valence-corrected chi connectivity index (χ2v) is 6.48. The third-order valence-electron chi connectivity index (χ3n) is 4.19. The molecule has 0 saturated heterocycles. The van der Waals surface area contributed by atoms with E-state index < -0.39 is 0 Å². The number of halogens is 1. The minimum absolute atomic E-state index is 0.142. The number of rotatable bonds is 3. The van der Waals surface area contributed by atoms with Crippen LogP contribution in [0.4, 0.5) is 0 Å². The smallest absolute Gasteiger partial charge is 0.254 e. The van der Waals surface area contributed by atoms with Crippen molar-refractivity contribution in [3.63, 3.8) is 0 Å². The third-order valence-corrected chi connectivity index (χ3v) is 5.08. The van der Waals surface area contributed by atoms with Crippen molar-refractivity contribution in [1.82, 2.24) is 4.90 Å². The van der Waals surface area contributed by atoms with E-state index >= 15 is 0 Å². The van der Waals surface area contributed by atoms with Crippen LogP contribution in [-0.4, -0.2) is 29.4 Å². The van der Waals surface area contributed by atoms with Crippen molar-refractivity contribution in [2.75, 3.05) is 6.54 Å². The number of hydrogen-bond acceptors (Lipinski definition) is 2. The molecule has 0 bridgehead atoms. The van der Waals surface area contributed by atoms with Crippen LogP contribution in [0.25, 0.3) is 0 Å². The highest BCUT2D eigenvalue weighted by molar-refractivity contribution is 9.10. The van der Waals surface area contributed by atoms with Crippen molar-refractivity contribution < 1.29 is 4.79 Å². The molecule has 0 unspecified atom stereocenters. The van der Waals surface area contributed by atoms with Gasteiger partial charge in [0.2, 0.25) is 0 Å². The SMILES string of the molecule is CCN(C(=O)c1ccc(Br)c(C)c1)C1CCC(N)CC1. The van der Waals surface area contributed by atoms with Gasteiger partial charge in [-0.2, -0.15) is 0 Å². The average Bonchev–Trinajstić information content (AvgIpc) is 2.44. The van der Waals surface area contributed by atoms with Gasteiger partial charge in [0.05, 0.1) is 0 Å². The summed E-state index contributed by atoms with van der Waals surface area (Å²) in [6, 6.07) is 6.47. The molecule has 20 heavy (non-hydrogen) atoms. The van der Waals surface area contributed by atoms with E-state index in [4.69, 9.17) is 5.73 Å². The van der Waals surface area contributed by atoms with Gasteiger partial charge in [-0.25, -0.2) is 0 Å². The molecule has 0 heterocycles. The van der Waals surface area contributed by atoms with Crippen molar-refractivity contribution in [3.05, 3.63) is 33.8 Å². The molecule has 2 N–H and O–H groups in total. The Labute approximate surface area is 129 Å². The Hall–Kier alpha value is -0.870. The maximum absolute atomic E-state index is 12.7. The molecule has 0 aromatic heterocycles. The van der Waals surface area contributed by atoms with Crippen LogP contribution in [0.1, 0.15) is 48.5 Å². The first-order valence-electron chi connectivity index (χ1n) is 7.35. The van der Waals surface area contributed by atoms with E-state index in [-0.39, 0.29) is 5.91 Å². The predicted octanol–water partition coefficient (Wildman–Crippen LogP) is 3.49. The Kier molecular flexibility index (Phi) is 5.22. The molecule has 2 rings (SSSR count). The summed E-state index contributed by atoms with van der Waals surface area (Å²) in [5.41, 5.74) is 7.83. The van der Waals surface area contributed by atoms with Crippen molar-refractivity contribution in [1.29, 1.82) is 0 Å². The lowest BCUT2D eigenvalue weighted by Gasteiger charge is -2.35. The van der Waals surface area contributed by atoms with Gasteiger partial charge in [0, 0.05) is 28.7 Å². The van der Waals surface area contributed by atoms with Gasteiger partial charge in [-0.15, -0.1) is 0 Å². The molecule has 3 nitrogen and oxygen atoms in total. The molecule has 1 aromatic carbocycles. The highest BCUT2D eigenvalue weighted by Crippen LogP contribution is 2.24. The van der Waals surface area contributed by atoms with Gasteiger partial charge in [-0.3, -0.25) is 4.79 Å². The van der Waals surface area contributed by atoms with Crippen LogP contribution in [0.2, 0.25) is 0 Å². The predicted molar refractivity (Wildman–Crippen MR) is 85.8 cm³/mol. The molecular weight excluding hydrogens is 316 g/mol. The maximum atomic E-state index is 12.7. The monoisotopic (exact) mass is 338 g/mol. The van der Waals surface area contributed by atoms with Crippen molar-refractivity contribution in [3.8, 4) is 0 Å². The van der Waals surface area contributed by atoms with Crippen LogP contribution in [0.15, 0.2) is 22.7 Å². The zero-order chi connectivity index (χ0) is 14.7. The topological polar surface area (TPSA) is 46.3 Å². The van der Waals surface area contributed by atoms with E-state index in [1.165, 1.54) is 0 Å². The van der Waals surface area contributed by atoms with Gasteiger partial charge in [0.25, 0.3) is 5.91 Å². The van der Waals surface area contributed by atoms with Gasteiger partial charge in [0.1, 0.15) is 0 Å². The van der Waals surface area contributed by atoms with Gasteiger partial charge < -0.3 is 10.6 Å². The van der Waals surface area contributed by atoms with Crippen LogP contribution in [0.5, 0.6) is 0 Å². The molecule has 1 saturated carbocycles. The Balaban J connectivity index is 2.14.